The molecule has 2 aromatic carbocycles. The number of carbonyl (C=O) groups is 1. The van der Waals surface area contributed by atoms with E-state index in [9.17, 15) is 22.4 Å². The van der Waals surface area contributed by atoms with Gasteiger partial charge in [0, 0.05) is 12.1 Å². The average molecular weight is 439 g/mol. The fraction of sp³-hybridized carbons (Fsp3) is 0.211. The van der Waals surface area contributed by atoms with Gasteiger partial charge in [0.1, 0.15) is 5.82 Å². The molecule has 3 aromatic rings. The van der Waals surface area contributed by atoms with Crippen LogP contribution >= 0.6 is 11.8 Å². The van der Waals surface area contributed by atoms with Crippen molar-refractivity contribution in [2.75, 3.05) is 11.2 Å². The van der Waals surface area contributed by atoms with E-state index in [2.05, 4.69) is 15.5 Å². The molecule has 0 saturated carbocycles. The highest BCUT2D eigenvalue weighted by molar-refractivity contribution is 8.00. The molecule has 0 fully saturated rings. The highest BCUT2D eigenvalue weighted by Gasteiger charge is 2.30. The molecule has 1 unspecified atom stereocenters. The molecule has 3 N–H and O–H groups in total. The number of nitrogens with zero attached hydrogens (tertiary/aromatic N) is 3. The molecule has 158 valence electrons. The molecular formula is C19H17F4N5OS. The van der Waals surface area contributed by atoms with E-state index >= 15 is 0 Å². The molecule has 0 bridgehead atoms. The van der Waals surface area contributed by atoms with Gasteiger partial charge < -0.3 is 11.2 Å². The number of nitrogens with one attached hydrogen (secondary N) is 1. The Morgan fingerprint density at radius 2 is 1.93 bits per heavy atom. The van der Waals surface area contributed by atoms with Crippen LogP contribution in [0.25, 0.3) is 0 Å². The monoisotopic (exact) mass is 439 g/mol. The van der Waals surface area contributed by atoms with Crippen LogP contribution in [0.5, 0.6) is 0 Å². The first-order chi connectivity index (χ1) is 14.1. The van der Waals surface area contributed by atoms with Gasteiger partial charge in [0.05, 0.1) is 10.8 Å². The molecule has 11 heteroatoms. The number of hydrogen-bond donors (Lipinski definition) is 2. The van der Waals surface area contributed by atoms with Gasteiger partial charge in [-0.15, -0.1) is 10.2 Å². The zero-order chi connectivity index (χ0) is 21.9. The third-order valence-electron chi connectivity index (χ3n) is 4.15. The first kappa shape index (κ1) is 21.6. The molecule has 1 atom stereocenters. The standard InChI is InChI=1S/C19H17F4N5OS/c1-11(17(29)25-14-7-4-6-13(10-14)19(21,22)23)30-18-27-26-16(28(18)24)9-12-5-2-3-8-15(12)20/h2-8,10-11H,9,24H2,1H3,(H,25,29). The van der Waals surface area contributed by atoms with Crippen LogP contribution in [0.15, 0.2) is 53.7 Å². The van der Waals surface area contributed by atoms with Crippen LogP contribution < -0.4 is 11.2 Å². The van der Waals surface area contributed by atoms with Gasteiger partial charge in [-0.3, -0.25) is 4.79 Å². The van der Waals surface area contributed by atoms with E-state index in [4.69, 9.17) is 5.84 Å². The van der Waals surface area contributed by atoms with Crippen molar-refractivity contribution in [3.63, 3.8) is 0 Å². The SMILES string of the molecule is CC(Sc1nnc(Cc2ccccc2F)n1N)C(=O)Nc1cccc(C(F)(F)F)c1. The number of anilines is 1. The molecule has 30 heavy (non-hydrogen) atoms. The molecule has 0 spiro atoms. The molecule has 1 amide bonds. The zero-order valence-electron chi connectivity index (χ0n) is 15.7. The van der Waals surface area contributed by atoms with Crippen molar-refractivity contribution in [3.05, 3.63) is 71.3 Å². The van der Waals surface area contributed by atoms with Crippen molar-refractivity contribution < 1.29 is 22.4 Å². The lowest BCUT2D eigenvalue weighted by Gasteiger charge is -2.13. The van der Waals surface area contributed by atoms with E-state index in [-0.39, 0.29) is 17.3 Å². The number of benzene rings is 2. The summed E-state index contributed by atoms with van der Waals surface area (Å²) in [6.07, 6.45) is -4.40. The average Bonchev–Trinajstić information content (AvgIpc) is 3.02. The topological polar surface area (TPSA) is 85.8 Å². The van der Waals surface area contributed by atoms with Crippen molar-refractivity contribution in [3.8, 4) is 0 Å². The molecule has 0 radical (unpaired) electrons. The molecule has 0 aliphatic heterocycles. The van der Waals surface area contributed by atoms with E-state index in [1.54, 1.807) is 25.1 Å². The Labute approximate surface area is 173 Å². The number of carbonyl (C=O) groups excluding carboxylic acids is 1. The smallest absolute Gasteiger partial charge is 0.336 e. The first-order valence-corrected chi connectivity index (χ1v) is 9.60. The number of rotatable bonds is 6. The van der Waals surface area contributed by atoms with Crippen LogP contribution in [0.4, 0.5) is 23.2 Å². The Morgan fingerprint density at radius 3 is 2.63 bits per heavy atom. The van der Waals surface area contributed by atoms with E-state index in [1.165, 1.54) is 18.2 Å². The molecule has 3 rings (SSSR count). The summed E-state index contributed by atoms with van der Waals surface area (Å²) in [6, 6.07) is 10.5. The largest absolute Gasteiger partial charge is 0.416 e. The molecule has 1 heterocycles. The lowest BCUT2D eigenvalue weighted by Crippen LogP contribution is -2.24. The summed E-state index contributed by atoms with van der Waals surface area (Å²) in [7, 11) is 0. The molecule has 0 aliphatic rings. The summed E-state index contributed by atoms with van der Waals surface area (Å²) >= 11 is 0.979. The van der Waals surface area contributed by atoms with Crippen LogP contribution in [0, 0.1) is 5.82 Å². The van der Waals surface area contributed by atoms with E-state index in [0.29, 0.717) is 11.4 Å². The summed E-state index contributed by atoms with van der Waals surface area (Å²) in [6.45, 7) is 1.55. The number of nitrogens with two attached hydrogens (primary N) is 1. The van der Waals surface area contributed by atoms with Gasteiger partial charge in [0.15, 0.2) is 5.82 Å². The number of aromatic nitrogens is 3. The Kier molecular flexibility index (Phi) is 6.30. The Morgan fingerprint density at radius 1 is 1.20 bits per heavy atom. The maximum absolute atomic E-state index is 13.8. The second-order valence-corrected chi connectivity index (χ2v) is 7.67. The van der Waals surface area contributed by atoms with Gasteiger partial charge in [0.2, 0.25) is 11.1 Å². The van der Waals surface area contributed by atoms with Crippen LogP contribution in [0.2, 0.25) is 0 Å². The summed E-state index contributed by atoms with van der Waals surface area (Å²) in [4.78, 5) is 12.4. The summed E-state index contributed by atoms with van der Waals surface area (Å²) in [5.41, 5.74) is -0.444. The zero-order valence-corrected chi connectivity index (χ0v) is 16.5. The maximum Gasteiger partial charge on any atom is 0.416 e. The van der Waals surface area contributed by atoms with Crippen molar-refractivity contribution in [1.82, 2.24) is 14.9 Å². The van der Waals surface area contributed by atoms with Crippen LogP contribution in [0.1, 0.15) is 23.9 Å². The van der Waals surface area contributed by atoms with Crippen molar-refractivity contribution >= 4 is 23.4 Å². The molecule has 0 aliphatic carbocycles. The predicted octanol–water partition coefficient (Wildman–Crippen LogP) is 3.86. The molecule has 6 nitrogen and oxygen atoms in total. The lowest BCUT2D eigenvalue weighted by molar-refractivity contribution is -0.137. The fourth-order valence-corrected chi connectivity index (χ4v) is 3.34. The van der Waals surface area contributed by atoms with Crippen molar-refractivity contribution in [2.24, 2.45) is 0 Å². The van der Waals surface area contributed by atoms with Gasteiger partial charge in [-0.2, -0.15) is 13.2 Å². The summed E-state index contributed by atoms with van der Waals surface area (Å²) in [5, 5.41) is 9.77. The van der Waals surface area contributed by atoms with Gasteiger partial charge in [0.25, 0.3) is 0 Å². The second kappa shape index (κ2) is 8.74. The van der Waals surface area contributed by atoms with Crippen molar-refractivity contribution in [1.29, 1.82) is 0 Å². The number of nitrogen functional groups attached to an aromatic ring is 1. The summed E-state index contributed by atoms with van der Waals surface area (Å²) < 4.78 is 53.4. The van der Waals surface area contributed by atoms with Gasteiger partial charge in [-0.25, -0.2) is 9.07 Å². The molecular weight excluding hydrogens is 422 g/mol. The Bertz CT molecular complexity index is 1050. The third-order valence-corrected chi connectivity index (χ3v) is 5.21. The van der Waals surface area contributed by atoms with Crippen LogP contribution in [-0.4, -0.2) is 26.0 Å². The number of thioether (sulfide) groups is 1. The number of halogens is 4. The number of alkyl halides is 3. The molecule has 0 saturated heterocycles. The predicted molar refractivity (Wildman–Crippen MR) is 105 cm³/mol. The molecule has 1 aromatic heterocycles. The Balaban J connectivity index is 1.66. The number of hydrogen-bond acceptors (Lipinski definition) is 5. The van der Waals surface area contributed by atoms with E-state index < -0.39 is 28.7 Å². The highest BCUT2D eigenvalue weighted by Crippen LogP contribution is 2.31. The van der Waals surface area contributed by atoms with E-state index in [1.807, 2.05) is 0 Å². The maximum atomic E-state index is 13.8. The second-order valence-electron chi connectivity index (χ2n) is 6.36. The number of amides is 1. The highest BCUT2D eigenvalue weighted by atomic mass is 32.2. The minimum absolute atomic E-state index is 0.0248. The van der Waals surface area contributed by atoms with Crippen molar-refractivity contribution in [2.45, 2.75) is 29.9 Å². The van der Waals surface area contributed by atoms with Crippen LogP contribution in [-0.2, 0) is 17.4 Å². The van der Waals surface area contributed by atoms with E-state index in [0.717, 1.165) is 28.6 Å². The van der Waals surface area contributed by atoms with Crippen LogP contribution in [0.3, 0.4) is 0 Å². The minimum Gasteiger partial charge on any atom is -0.336 e. The third kappa shape index (κ3) is 5.09. The van der Waals surface area contributed by atoms with Gasteiger partial charge in [-0.05, 0) is 36.8 Å². The fourth-order valence-electron chi connectivity index (χ4n) is 2.55. The van der Waals surface area contributed by atoms with Gasteiger partial charge in [-0.1, -0.05) is 36.0 Å². The van der Waals surface area contributed by atoms with Gasteiger partial charge >= 0.3 is 6.18 Å². The minimum atomic E-state index is -4.51. The quantitative estimate of drug-likeness (QED) is 0.346. The lowest BCUT2D eigenvalue weighted by atomic mass is 10.1. The normalized spacial score (nSPS) is 12.6. The Hall–Kier alpha value is -3.08. The summed E-state index contributed by atoms with van der Waals surface area (Å²) in [5.74, 6) is 5.33. The first-order valence-electron chi connectivity index (χ1n) is 8.72.